The van der Waals surface area contributed by atoms with E-state index in [-0.39, 0.29) is 24.8 Å². The minimum atomic E-state index is -2.74. The number of halogens is 2. The van der Waals surface area contributed by atoms with E-state index >= 15 is 0 Å². The van der Waals surface area contributed by atoms with Crippen LogP contribution in [0, 0.1) is 0 Å². The quantitative estimate of drug-likeness (QED) is 0.611. The Hall–Kier alpha value is -0.617. The molecule has 2 aliphatic carbocycles. The largest absolute Gasteiger partial charge is 1.00 e. The predicted octanol–water partition coefficient (Wildman–Crippen LogP) is 1.17. The summed E-state index contributed by atoms with van der Waals surface area (Å²) in [4.78, 5) is 0. The smallest absolute Gasteiger partial charge is 1.00 e. The van der Waals surface area contributed by atoms with Crippen LogP contribution in [0.25, 0.3) is 11.1 Å². The molecule has 0 spiro atoms. The molecule has 0 N–H and O–H groups in total. The van der Waals surface area contributed by atoms with Crippen LogP contribution in [0.15, 0.2) is 70.0 Å². The first kappa shape index (κ1) is 21.1. The molecule has 3 heteroatoms. The molecule has 1 saturated heterocycles. The fourth-order valence-electron chi connectivity index (χ4n) is 6.43. The summed E-state index contributed by atoms with van der Waals surface area (Å²) in [5.74, 6) is 0. The molecule has 0 aromatic heterocycles. The number of benzene rings is 2. The second-order valence-electron chi connectivity index (χ2n) is 8.99. The average molecular weight is 477 g/mol. The van der Waals surface area contributed by atoms with Gasteiger partial charge in [-0.25, -0.2) is 0 Å². The van der Waals surface area contributed by atoms with Crippen molar-refractivity contribution >= 4 is 0 Å². The number of hydrogen-bond donors (Lipinski definition) is 0. The minimum absolute atomic E-state index is 0. The van der Waals surface area contributed by atoms with Crippen LogP contribution in [-0.2, 0) is 20.3 Å². The van der Waals surface area contributed by atoms with Gasteiger partial charge in [-0.15, -0.1) is 0 Å². The van der Waals surface area contributed by atoms with Gasteiger partial charge in [-0.3, -0.25) is 0 Å². The molecule has 0 saturated carbocycles. The maximum absolute atomic E-state index is 2.74. The summed E-state index contributed by atoms with van der Waals surface area (Å²) in [5.41, 5.74) is 6.21. The zero-order valence-electron chi connectivity index (χ0n) is 16.4. The number of allylic oxidation sites excluding steroid dienone is 4. The van der Waals surface area contributed by atoms with Gasteiger partial charge in [0.2, 0.25) is 0 Å². The summed E-state index contributed by atoms with van der Waals surface area (Å²) < 4.78 is 3.46. The van der Waals surface area contributed by atoms with E-state index in [4.69, 9.17) is 0 Å². The molecule has 140 valence electrons. The van der Waals surface area contributed by atoms with Crippen LogP contribution in [0.3, 0.4) is 0 Å². The SMILES string of the molecule is C[C]1(C)[C](C)(C)[Zr+2]1([C]1=CC=CC1)[CH]1c2ccccc2-c2ccccc21.[Cl-].[Cl-]. The Morgan fingerprint density at radius 3 is 1.67 bits per heavy atom. The van der Waals surface area contributed by atoms with Gasteiger partial charge >= 0.3 is 157 Å². The minimum Gasteiger partial charge on any atom is -1.00 e. The van der Waals surface area contributed by atoms with Gasteiger partial charge in [0.05, 0.1) is 0 Å². The van der Waals surface area contributed by atoms with Crippen molar-refractivity contribution < 1.29 is 45.1 Å². The summed E-state index contributed by atoms with van der Waals surface area (Å²) in [6.07, 6.45) is 8.39. The molecule has 0 nitrogen and oxygen atoms in total. The molecule has 3 aliphatic rings. The van der Waals surface area contributed by atoms with Crippen LogP contribution in [0.4, 0.5) is 0 Å². The van der Waals surface area contributed by atoms with Crippen LogP contribution in [0.2, 0.25) is 6.25 Å². The van der Waals surface area contributed by atoms with Crippen LogP contribution in [0.5, 0.6) is 0 Å². The molecule has 5 rings (SSSR count). The topological polar surface area (TPSA) is 0 Å². The van der Waals surface area contributed by atoms with Crippen molar-refractivity contribution in [1.82, 2.24) is 0 Å². The molecule has 0 radical (unpaired) electrons. The maximum Gasteiger partial charge on any atom is -1.00 e. The second-order valence-corrected chi connectivity index (χ2v) is 22.1. The first-order valence-corrected chi connectivity index (χ1v) is 14.6. The molecule has 0 atom stereocenters. The van der Waals surface area contributed by atoms with Gasteiger partial charge in [-0.05, 0) is 0 Å². The standard InChI is InChI=1S/C13H9.C6H12.C5H5.2ClH.Zr/c1-3-7-12-10(5-1)9-11-6-2-4-8-13(11)12;1-5(2)6(3)4;1-2-4-5-3-1;;;/h1-9H;1-4H3;1-3H,4H2;2*1H;/q;;;;;+2/p-2. The first-order valence-electron chi connectivity index (χ1n) is 9.49. The Morgan fingerprint density at radius 2 is 1.26 bits per heavy atom. The molecule has 1 fully saturated rings. The third kappa shape index (κ3) is 2.32. The third-order valence-corrected chi connectivity index (χ3v) is 27.2. The third-order valence-electron chi connectivity index (χ3n) is 8.02. The fourth-order valence-corrected chi connectivity index (χ4v) is 29.0. The van der Waals surface area contributed by atoms with Gasteiger partial charge < -0.3 is 24.8 Å². The van der Waals surface area contributed by atoms with Crippen molar-refractivity contribution in [1.29, 1.82) is 0 Å². The molecule has 27 heavy (non-hydrogen) atoms. The molecule has 2 aromatic rings. The van der Waals surface area contributed by atoms with Crippen molar-refractivity contribution in [3.05, 3.63) is 81.2 Å². The van der Waals surface area contributed by atoms with Gasteiger partial charge in [-0.1, -0.05) is 0 Å². The van der Waals surface area contributed by atoms with E-state index < -0.39 is 20.3 Å². The molecule has 1 aliphatic heterocycles. The Kier molecular flexibility index (Phi) is 5.25. The summed E-state index contributed by atoms with van der Waals surface area (Å²) in [7, 11) is 0. The van der Waals surface area contributed by atoms with Crippen LogP contribution in [-0.4, -0.2) is 0 Å². The predicted molar refractivity (Wildman–Crippen MR) is 104 cm³/mol. The van der Waals surface area contributed by atoms with Crippen LogP contribution < -0.4 is 24.8 Å². The Bertz CT molecular complexity index is 893. The molecule has 0 bridgehead atoms. The Morgan fingerprint density at radius 1 is 0.778 bits per heavy atom. The molecule has 0 unspecified atom stereocenters. The van der Waals surface area contributed by atoms with E-state index in [9.17, 15) is 0 Å². The zero-order valence-corrected chi connectivity index (χ0v) is 20.4. The van der Waals surface area contributed by atoms with Gasteiger partial charge in [0.1, 0.15) is 0 Å². The van der Waals surface area contributed by atoms with Crippen LogP contribution in [0.1, 0.15) is 48.9 Å². The maximum atomic E-state index is 2.58. The Balaban J connectivity index is 0.00000105. The van der Waals surface area contributed by atoms with Gasteiger partial charge in [-0.2, -0.15) is 0 Å². The van der Waals surface area contributed by atoms with Crippen molar-refractivity contribution in [3.63, 3.8) is 0 Å². The fraction of sp³-hybridized carbons (Fsp3) is 0.333. The molecule has 1 heterocycles. The summed E-state index contributed by atoms with van der Waals surface area (Å²) in [6.45, 7) is 10.3. The monoisotopic (exact) mass is 474 g/mol. The van der Waals surface area contributed by atoms with E-state index in [0.717, 1.165) is 0 Å². The van der Waals surface area contributed by atoms with Gasteiger partial charge in [0.25, 0.3) is 0 Å². The van der Waals surface area contributed by atoms with Crippen LogP contribution >= 0.6 is 0 Å². The van der Waals surface area contributed by atoms with E-state index in [1.165, 1.54) is 17.5 Å². The number of rotatable bonds is 2. The van der Waals surface area contributed by atoms with Crippen molar-refractivity contribution in [2.24, 2.45) is 0 Å². The van der Waals surface area contributed by atoms with E-state index in [0.29, 0.717) is 9.87 Å². The normalized spacial score (nSPS) is 21.0. The molecular formula is C24H26Cl2Zr. The zero-order chi connectivity index (χ0) is 17.4. The summed E-state index contributed by atoms with van der Waals surface area (Å²) in [5, 5.41) is 0. The van der Waals surface area contributed by atoms with E-state index in [2.05, 4.69) is 94.5 Å². The summed E-state index contributed by atoms with van der Waals surface area (Å²) in [6, 6.07) is 18.5. The second kappa shape index (κ2) is 6.72. The number of fused-ring (bicyclic) bond motifs is 3. The van der Waals surface area contributed by atoms with Crippen molar-refractivity contribution in [2.45, 2.75) is 44.0 Å². The van der Waals surface area contributed by atoms with Crippen molar-refractivity contribution in [3.8, 4) is 11.1 Å². The molecule has 0 amide bonds. The Labute approximate surface area is 180 Å². The summed E-state index contributed by atoms with van der Waals surface area (Å²) >= 11 is -2.74. The van der Waals surface area contributed by atoms with E-state index in [1.807, 2.05) is 3.28 Å². The molecule has 2 aromatic carbocycles. The first-order chi connectivity index (χ1) is 11.9. The average Bonchev–Trinajstić information content (AvgIpc) is 3.10. The van der Waals surface area contributed by atoms with Crippen molar-refractivity contribution in [2.75, 3.05) is 0 Å². The van der Waals surface area contributed by atoms with Gasteiger partial charge in [0, 0.05) is 0 Å². The van der Waals surface area contributed by atoms with E-state index in [1.54, 1.807) is 11.1 Å². The van der Waals surface area contributed by atoms with Gasteiger partial charge in [0.15, 0.2) is 0 Å². The molecular weight excluding hydrogens is 450 g/mol. The number of hydrogen-bond acceptors (Lipinski definition) is 0.